The fourth-order valence-electron chi connectivity index (χ4n) is 2.35. The molecule has 7 heteroatoms. The summed E-state index contributed by atoms with van der Waals surface area (Å²) in [4.78, 5) is 24.3. The van der Waals surface area contributed by atoms with Crippen molar-refractivity contribution in [3.63, 3.8) is 0 Å². The van der Waals surface area contributed by atoms with Crippen LogP contribution < -0.4 is 20.2 Å². The molecule has 0 radical (unpaired) electrons. The van der Waals surface area contributed by atoms with Gasteiger partial charge >= 0.3 is 0 Å². The van der Waals surface area contributed by atoms with Crippen molar-refractivity contribution >= 4 is 23.2 Å². The molecule has 0 aromatic heterocycles. The van der Waals surface area contributed by atoms with Crippen molar-refractivity contribution in [2.24, 2.45) is 5.10 Å². The molecule has 7 nitrogen and oxygen atoms in total. The normalized spacial score (nSPS) is 10.9. The Labute approximate surface area is 158 Å². The van der Waals surface area contributed by atoms with Crippen LogP contribution in [0.4, 0.5) is 5.69 Å². The highest BCUT2D eigenvalue weighted by Gasteiger charge is 2.10. The summed E-state index contributed by atoms with van der Waals surface area (Å²) in [5.41, 5.74) is 5.03. The first-order chi connectivity index (χ1) is 12.9. The molecule has 0 bridgehead atoms. The number of rotatable bonds is 7. The quantitative estimate of drug-likeness (QED) is 0.580. The summed E-state index contributed by atoms with van der Waals surface area (Å²) in [5.74, 6) is 0.361. The molecule has 0 saturated carbocycles. The molecule has 0 saturated heterocycles. The van der Waals surface area contributed by atoms with Crippen LogP contribution in [0, 0.1) is 6.92 Å². The van der Waals surface area contributed by atoms with E-state index >= 15 is 0 Å². The van der Waals surface area contributed by atoms with E-state index in [2.05, 4.69) is 15.8 Å². The van der Waals surface area contributed by atoms with E-state index in [-0.39, 0.29) is 12.3 Å². The van der Waals surface area contributed by atoms with Gasteiger partial charge in [0, 0.05) is 23.0 Å². The average Bonchev–Trinajstić information content (AvgIpc) is 2.65. The summed E-state index contributed by atoms with van der Waals surface area (Å²) in [6.07, 6.45) is 0.0651. The summed E-state index contributed by atoms with van der Waals surface area (Å²) in [5, 5.41) is 6.78. The van der Waals surface area contributed by atoms with E-state index in [1.54, 1.807) is 25.1 Å². The third-order valence-corrected chi connectivity index (χ3v) is 3.68. The topological polar surface area (TPSA) is 89.0 Å². The van der Waals surface area contributed by atoms with Crippen molar-refractivity contribution in [1.82, 2.24) is 5.43 Å². The summed E-state index contributed by atoms with van der Waals surface area (Å²) in [6.45, 7) is 3.62. The number of carbonyl (C=O) groups is 2. The van der Waals surface area contributed by atoms with E-state index in [0.717, 1.165) is 11.3 Å². The number of benzene rings is 2. The molecule has 0 heterocycles. The number of carbonyl (C=O) groups excluding carboxylic acids is 2. The molecule has 0 aliphatic carbocycles. The molecule has 0 unspecified atom stereocenters. The molecule has 0 fully saturated rings. The summed E-state index contributed by atoms with van der Waals surface area (Å²) in [6, 6.07) is 12.3. The largest absolute Gasteiger partial charge is 0.497 e. The third-order valence-electron chi connectivity index (χ3n) is 3.68. The number of amides is 2. The molecule has 27 heavy (non-hydrogen) atoms. The predicted octanol–water partition coefficient (Wildman–Crippen LogP) is 3.15. The molecule has 2 aromatic rings. The van der Waals surface area contributed by atoms with Crippen molar-refractivity contribution < 1.29 is 19.1 Å². The van der Waals surface area contributed by atoms with E-state index in [1.807, 2.05) is 31.2 Å². The zero-order chi connectivity index (χ0) is 19.8. The van der Waals surface area contributed by atoms with E-state index in [1.165, 1.54) is 14.2 Å². The van der Waals surface area contributed by atoms with Crippen molar-refractivity contribution in [3.05, 3.63) is 53.6 Å². The van der Waals surface area contributed by atoms with E-state index in [9.17, 15) is 9.59 Å². The molecular formula is C20H23N3O4. The lowest BCUT2D eigenvalue weighted by atomic mass is 10.2. The lowest BCUT2D eigenvalue weighted by Gasteiger charge is -2.08. The third kappa shape index (κ3) is 6.14. The van der Waals surface area contributed by atoms with Crippen molar-refractivity contribution in [1.29, 1.82) is 0 Å². The minimum absolute atomic E-state index is 0.0651. The molecule has 2 aromatic carbocycles. The van der Waals surface area contributed by atoms with Gasteiger partial charge in [0.15, 0.2) is 0 Å². The highest BCUT2D eigenvalue weighted by atomic mass is 16.5. The number of hydrazone groups is 1. The number of ether oxygens (including phenoxy) is 2. The summed E-state index contributed by atoms with van der Waals surface area (Å²) < 4.78 is 10.3. The van der Waals surface area contributed by atoms with Crippen LogP contribution in [-0.4, -0.2) is 31.7 Å². The second-order valence-electron chi connectivity index (χ2n) is 5.98. The van der Waals surface area contributed by atoms with Crippen LogP contribution in [0.15, 0.2) is 47.6 Å². The van der Waals surface area contributed by atoms with Crippen molar-refractivity contribution in [2.75, 3.05) is 19.5 Å². The Morgan fingerprint density at radius 2 is 1.70 bits per heavy atom. The van der Waals surface area contributed by atoms with Gasteiger partial charge in [0.2, 0.25) is 5.91 Å². The molecule has 0 aliphatic rings. The highest BCUT2D eigenvalue weighted by molar-refractivity contribution is 6.06. The lowest BCUT2D eigenvalue weighted by Crippen LogP contribution is -2.21. The van der Waals surface area contributed by atoms with Gasteiger partial charge in [-0.2, -0.15) is 5.10 Å². The van der Waals surface area contributed by atoms with E-state index in [4.69, 9.17) is 9.47 Å². The number of aryl methyl sites for hydroxylation is 1. The van der Waals surface area contributed by atoms with Crippen LogP contribution in [0.1, 0.15) is 29.3 Å². The Hall–Kier alpha value is -3.35. The standard InChI is InChI=1S/C20H23N3O4/c1-13-6-5-7-16(8-13)21-19(24)9-14(2)22-23-20(25)15-10-17(26-3)12-18(11-15)27-4/h5-8,10-12H,9H2,1-4H3,(H,21,24)(H,23,25)/b22-14-. The van der Waals surface area contributed by atoms with Gasteiger partial charge < -0.3 is 14.8 Å². The Morgan fingerprint density at radius 3 is 2.30 bits per heavy atom. The molecule has 142 valence electrons. The number of hydrogen-bond acceptors (Lipinski definition) is 5. The zero-order valence-electron chi connectivity index (χ0n) is 15.8. The monoisotopic (exact) mass is 369 g/mol. The van der Waals surface area contributed by atoms with Gasteiger partial charge in [-0.05, 0) is 43.7 Å². The maximum atomic E-state index is 12.3. The number of nitrogens with zero attached hydrogens (tertiary/aromatic N) is 1. The summed E-state index contributed by atoms with van der Waals surface area (Å²) in [7, 11) is 3.01. The summed E-state index contributed by atoms with van der Waals surface area (Å²) >= 11 is 0. The number of nitrogens with one attached hydrogen (secondary N) is 2. The Kier molecular flexibility index (Phi) is 6.93. The maximum absolute atomic E-state index is 12.3. The number of methoxy groups -OCH3 is 2. The molecule has 0 spiro atoms. The Morgan fingerprint density at radius 1 is 1.04 bits per heavy atom. The maximum Gasteiger partial charge on any atom is 0.271 e. The van der Waals surface area contributed by atoms with Crippen molar-refractivity contribution in [3.8, 4) is 11.5 Å². The molecular weight excluding hydrogens is 346 g/mol. The van der Waals surface area contributed by atoms with Gasteiger partial charge in [-0.15, -0.1) is 0 Å². The first-order valence-corrected chi connectivity index (χ1v) is 8.34. The van der Waals surface area contributed by atoms with Crippen molar-refractivity contribution in [2.45, 2.75) is 20.3 Å². The zero-order valence-corrected chi connectivity index (χ0v) is 15.8. The van der Waals surface area contributed by atoms with Crippen LogP contribution in [0.25, 0.3) is 0 Å². The van der Waals surface area contributed by atoms with Gasteiger partial charge in [0.1, 0.15) is 11.5 Å². The van der Waals surface area contributed by atoms with Gasteiger partial charge in [0.25, 0.3) is 5.91 Å². The van der Waals surface area contributed by atoms with Crippen LogP contribution in [0.3, 0.4) is 0 Å². The van der Waals surface area contributed by atoms with Crippen LogP contribution in [0.2, 0.25) is 0 Å². The van der Waals surface area contributed by atoms with Gasteiger partial charge in [0.05, 0.1) is 20.6 Å². The predicted molar refractivity (Wildman–Crippen MR) is 105 cm³/mol. The van der Waals surface area contributed by atoms with E-state index < -0.39 is 5.91 Å². The second-order valence-corrected chi connectivity index (χ2v) is 5.98. The second kappa shape index (κ2) is 9.38. The fourth-order valence-corrected chi connectivity index (χ4v) is 2.35. The molecule has 0 atom stereocenters. The van der Waals surface area contributed by atoms with Gasteiger partial charge in [-0.3, -0.25) is 9.59 Å². The first-order valence-electron chi connectivity index (χ1n) is 8.34. The number of hydrogen-bond donors (Lipinski definition) is 2. The van der Waals surface area contributed by atoms with E-state index in [0.29, 0.717) is 22.8 Å². The van der Waals surface area contributed by atoms with Crippen LogP contribution in [-0.2, 0) is 4.79 Å². The Bertz CT molecular complexity index is 840. The average molecular weight is 369 g/mol. The molecule has 2 amide bonds. The van der Waals surface area contributed by atoms with Gasteiger partial charge in [-0.25, -0.2) is 5.43 Å². The first kappa shape index (κ1) is 20.0. The van der Waals surface area contributed by atoms with Gasteiger partial charge in [-0.1, -0.05) is 12.1 Å². The highest BCUT2D eigenvalue weighted by Crippen LogP contribution is 2.22. The minimum atomic E-state index is -0.425. The number of anilines is 1. The van der Waals surface area contributed by atoms with Crippen LogP contribution in [0.5, 0.6) is 11.5 Å². The molecule has 2 rings (SSSR count). The SMILES string of the molecule is COc1cc(OC)cc(C(=O)N/N=C(/C)CC(=O)Nc2cccc(C)c2)c1. The molecule has 2 N–H and O–H groups in total. The smallest absolute Gasteiger partial charge is 0.271 e. The fraction of sp³-hybridized carbons (Fsp3) is 0.250. The van der Waals surface area contributed by atoms with Crippen LogP contribution >= 0.6 is 0 Å². The minimum Gasteiger partial charge on any atom is -0.497 e. The lowest BCUT2D eigenvalue weighted by molar-refractivity contribution is -0.115. The molecule has 0 aliphatic heterocycles. The Balaban J connectivity index is 1.96.